The molecule has 0 heterocycles. The van der Waals surface area contributed by atoms with Crippen molar-refractivity contribution in [1.29, 1.82) is 0 Å². The largest absolute Gasteiger partial charge is 0.481 e. The van der Waals surface area contributed by atoms with Gasteiger partial charge in [0.25, 0.3) is 0 Å². The number of rotatable bonds is 11. The average molecular weight is 282 g/mol. The van der Waals surface area contributed by atoms with Crippen molar-refractivity contribution in [3.05, 3.63) is 25.3 Å². The minimum Gasteiger partial charge on any atom is -0.481 e. The highest BCUT2D eigenvalue weighted by atomic mass is 16.5. The fraction of sp³-hybridized carbons (Fsp3) is 0.625. The van der Waals surface area contributed by atoms with Gasteiger partial charge in [0.15, 0.2) is 0 Å². The number of carbonyl (C=O) groups is 2. The van der Waals surface area contributed by atoms with Crippen molar-refractivity contribution in [3.63, 3.8) is 0 Å². The molecule has 0 radical (unpaired) electrons. The lowest BCUT2D eigenvalue weighted by Gasteiger charge is -2.29. The summed E-state index contributed by atoms with van der Waals surface area (Å²) in [6, 6.07) is 0. The van der Waals surface area contributed by atoms with Gasteiger partial charge < -0.3 is 9.84 Å². The van der Waals surface area contributed by atoms with E-state index in [0.717, 1.165) is 6.42 Å². The van der Waals surface area contributed by atoms with Crippen molar-refractivity contribution in [2.24, 2.45) is 17.8 Å². The Morgan fingerprint density at radius 3 is 2.40 bits per heavy atom. The lowest BCUT2D eigenvalue weighted by molar-refractivity contribution is -0.150. The topological polar surface area (TPSA) is 63.6 Å². The Morgan fingerprint density at radius 1 is 1.30 bits per heavy atom. The van der Waals surface area contributed by atoms with Crippen LogP contribution in [-0.4, -0.2) is 23.7 Å². The van der Waals surface area contributed by atoms with Crippen molar-refractivity contribution >= 4 is 11.9 Å². The first-order valence-corrected chi connectivity index (χ1v) is 7.08. The molecule has 0 aromatic rings. The predicted molar refractivity (Wildman–Crippen MR) is 79.3 cm³/mol. The zero-order chi connectivity index (χ0) is 15.5. The van der Waals surface area contributed by atoms with E-state index in [0.29, 0.717) is 12.8 Å². The molecule has 0 amide bonds. The van der Waals surface area contributed by atoms with Crippen LogP contribution in [0.4, 0.5) is 0 Å². The van der Waals surface area contributed by atoms with Crippen LogP contribution in [0, 0.1) is 17.8 Å². The maximum absolute atomic E-state index is 12.1. The Labute approximate surface area is 121 Å². The van der Waals surface area contributed by atoms with Crippen LogP contribution in [0.1, 0.15) is 39.5 Å². The molecule has 3 atom stereocenters. The molecule has 0 fully saturated rings. The highest BCUT2D eigenvalue weighted by Gasteiger charge is 2.31. The van der Waals surface area contributed by atoms with E-state index in [2.05, 4.69) is 13.2 Å². The molecule has 0 rings (SSSR count). The third-order valence-electron chi connectivity index (χ3n) is 3.60. The minimum absolute atomic E-state index is 0.102. The smallest absolute Gasteiger partial charge is 0.309 e. The van der Waals surface area contributed by atoms with Gasteiger partial charge in [-0.25, -0.2) is 0 Å². The summed E-state index contributed by atoms with van der Waals surface area (Å²) in [7, 11) is 0. The van der Waals surface area contributed by atoms with Crippen LogP contribution in [-0.2, 0) is 14.3 Å². The number of carbonyl (C=O) groups excluding carboxylic acids is 1. The molecule has 0 aliphatic carbocycles. The van der Waals surface area contributed by atoms with Crippen LogP contribution < -0.4 is 0 Å². The molecule has 0 saturated heterocycles. The number of ether oxygens (including phenoxy) is 1. The quantitative estimate of drug-likeness (QED) is 0.466. The van der Waals surface area contributed by atoms with E-state index in [1.165, 1.54) is 6.08 Å². The number of carboxylic acid groups (broad SMARTS) is 1. The standard InChI is InChI=1S/C16H26O4/c1-5-8-14(16(19)20-11-6-2)13(7-3)12(4)9-10-15(17)18/h5-6,12-14H,1-2,7-11H2,3-4H3,(H,17,18). The third-order valence-corrected chi connectivity index (χ3v) is 3.60. The summed E-state index contributed by atoms with van der Waals surface area (Å²) in [5, 5.41) is 8.77. The highest BCUT2D eigenvalue weighted by Crippen LogP contribution is 2.31. The van der Waals surface area contributed by atoms with Crippen molar-refractivity contribution in [2.75, 3.05) is 6.61 Å². The first-order chi connectivity index (χ1) is 9.47. The molecule has 0 aliphatic heterocycles. The number of hydrogen-bond donors (Lipinski definition) is 1. The van der Waals surface area contributed by atoms with Crippen LogP contribution in [0.3, 0.4) is 0 Å². The molecule has 114 valence electrons. The predicted octanol–water partition coefficient (Wildman–Crippen LogP) is 3.44. The van der Waals surface area contributed by atoms with Crippen LogP contribution in [0.5, 0.6) is 0 Å². The molecule has 0 aliphatic rings. The summed E-state index contributed by atoms with van der Waals surface area (Å²) < 4.78 is 5.14. The molecule has 0 spiro atoms. The van der Waals surface area contributed by atoms with Gasteiger partial charge in [-0.15, -0.1) is 6.58 Å². The second kappa shape index (κ2) is 10.2. The normalized spacial score (nSPS) is 14.9. The lowest BCUT2D eigenvalue weighted by Crippen LogP contribution is -2.30. The van der Waals surface area contributed by atoms with Gasteiger partial charge in [0.2, 0.25) is 0 Å². The van der Waals surface area contributed by atoms with Gasteiger partial charge in [-0.2, -0.15) is 0 Å². The minimum atomic E-state index is -0.804. The third kappa shape index (κ3) is 6.55. The Hall–Kier alpha value is -1.58. The Balaban J connectivity index is 4.79. The summed E-state index contributed by atoms with van der Waals surface area (Å²) in [6.45, 7) is 11.4. The maximum atomic E-state index is 12.1. The van der Waals surface area contributed by atoms with E-state index >= 15 is 0 Å². The van der Waals surface area contributed by atoms with E-state index in [4.69, 9.17) is 9.84 Å². The molecule has 1 N–H and O–H groups in total. The SMILES string of the molecule is C=CCOC(=O)C(CC=C)C(CC)C(C)CCC(=O)O. The number of hydrogen-bond acceptors (Lipinski definition) is 3. The van der Waals surface area contributed by atoms with Crippen LogP contribution >= 0.6 is 0 Å². The Bertz CT molecular complexity index is 335. The molecular weight excluding hydrogens is 256 g/mol. The molecule has 3 unspecified atom stereocenters. The van der Waals surface area contributed by atoms with Gasteiger partial charge in [0, 0.05) is 6.42 Å². The number of esters is 1. The van der Waals surface area contributed by atoms with Gasteiger partial charge in [0.1, 0.15) is 6.61 Å². The van der Waals surface area contributed by atoms with Crippen LogP contribution in [0.25, 0.3) is 0 Å². The Morgan fingerprint density at radius 2 is 1.95 bits per heavy atom. The maximum Gasteiger partial charge on any atom is 0.309 e. The highest BCUT2D eigenvalue weighted by molar-refractivity contribution is 5.73. The lowest BCUT2D eigenvalue weighted by atomic mass is 9.77. The molecule has 0 aromatic heterocycles. The second-order valence-electron chi connectivity index (χ2n) is 5.03. The number of carboxylic acids is 1. The van der Waals surface area contributed by atoms with Gasteiger partial charge >= 0.3 is 11.9 Å². The van der Waals surface area contributed by atoms with E-state index in [1.54, 1.807) is 6.08 Å². The van der Waals surface area contributed by atoms with Gasteiger partial charge in [-0.3, -0.25) is 9.59 Å². The van der Waals surface area contributed by atoms with Gasteiger partial charge in [0.05, 0.1) is 5.92 Å². The summed E-state index contributed by atoms with van der Waals surface area (Å²) in [5.74, 6) is -1.07. The average Bonchev–Trinajstić information content (AvgIpc) is 2.42. The molecule has 20 heavy (non-hydrogen) atoms. The molecule has 0 aromatic carbocycles. The number of aliphatic carboxylic acids is 1. The summed E-state index contributed by atoms with van der Waals surface area (Å²) in [5.41, 5.74) is 0. The molecular formula is C16H26O4. The first kappa shape index (κ1) is 18.4. The van der Waals surface area contributed by atoms with Crippen molar-refractivity contribution in [2.45, 2.75) is 39.5 Å². The van der Waals surface area contributed by atoms with E-state index in [9.17, 15) is 9.59 Å². The zero-order valence-corrected chi connectivity index (χ0v) is 12.5. The summed E-state index contributed by atoms with van der Waals surface area (Å²) >= 11 is 0. The van der Waals surface area contributed by atoms with Crippen LogP contribution in [0.2, 0.25) is 0 Å². The van der Waals surface area contributed by atoms with Crippen molar-refractivity contribution in [3.8, 4) is 0 Å². The monoisotopic (exact) mass is 282 g/mol. The zero-order valence-electron chi connectivity index (χ0n) is 12.5. The van der Waals surface area contributed by atoms with Crippen molar-refractivity contribution in [1.82, 2.24) is 0 Å². The summed E-state index contributed by atoms with van der Waals surface area (Å²) in [6.07, 6.45) is 5.30. The fourth-order valence-electron chi connectivity index (χ4n) is 2.52. The molecule has 4 heteroatoms. The van der Waals surface area contributed by atoms with E-state index in [1.807, 2.05) is 13.8 Å². The van der Waals surface area contributed by atoms with Crippen molar-refractivity contribution < 1.29 is 19.4 Å². The van der Waals surface area contributed by atoms with Gasteiger partial charge in [-0.1, -0.05) is 39.0 Å². The number of allylic oxidation sites excluding steroid dienone is 1. The van der Waals surface area contributed by atoms with Gasteiger partial charge in [-0.05, 0) is 24.7 Å². The fourth-order valence-corrected chi connectivity index (χ4v) is 2.52. The first-order valence-electron chi connectivity index (χ1n) is 7.08. The summed E-state index contributed by atoms with van der Waals surface area (Å²) in [4.78, 5) is 22.8. The molecule has 4 nitrogen and oxygen atoms in total. The van der Waals surface area contributed by atoms with E-state index < -0.39 is 5.97 Å². The van der Waals surface area contributed by atoms with Crippen LogP contribution in [0.15, 0.2) is 25.3 Å². The Kier molecular flexibility index (Phi) is 9.43. The molecule has 0 bridgehead atoms. The molecule has 0 saturated carbocycles. The second-order valence-corrected chi connectivity index (χ2v) is 5.03. The van der Waals surface area contributed by atoms with E-state index in [-0.39, 0.29) is 36.8 Å².